The molecule has 0 aliphatic carbocycles. The van der Waals surface area contributed by atoms with E-state index < -0.39 is 0 Å². The topological polar surface area (TPSA) is 83.6 Å². The van der Waals surface area contributed by atoms with Crippen LogP contribution in [0.5, 0.6) is 0 Å². The second-order valence-corrected chi connectivity index (χ2v) is 6.17. The molecule has 0 bridgehead atoms. The number of hydrogen-bond donors (Lipinski definition) is 2. The van der Waals surface area contributed by atoms with Crippen LogP contribution in [-0.2, 0) is 0 Å². The number of aromatic amines is 1. The van der Waals surface area contributed by atoms with E-state index in [1.165, 1.54) is 0 Å². The van der Waals surface area contributed by atoms with Gasteiger partial charge in [-0.1, -0.05) is 11.6 Å². The number of carbonyl (C=O) groups is 1. The van der Waals surface area contributed by atoms with E-state index in [4.69, 9.17) is 11.6 Å². The van der Waals surface area contributed by atoms with Crippen molar-refractivity contribution < 1.29 is 4.79 Å². The largest absolute Gasteiger partial charge is 0.342 e. The summed E-state index contributed by atoms with van der Waals surface area (Å²) in [6, 6.07) is 10.4. The summed E-state index contributed by atoms with van der Waals surface area (Å²) in [6.07, 6.45) is 3.23. The summed E-state index contributed by atoms with van der Waals surface area (Å²) >= 11 is 5.99. The molecule has 0 spiro atoms. The van der Waals surface area contributed by atoms with E-state index in [9.17, 15) is 4.79 Å². The number of rotatable bonds is 3. The highest BCUT2D eigenvalue weighted by molar-refractivity contribution is 6.31. The van der Waals surface area contributed by atoms with Gasteiger partial charge in [0.15, 0.2) is 0 Å². The summed E-state index contributed by atoms with van der Waals surface area (Å²) in [6.45, 7) is 1.87. The Labute approximate surface area is 148 Å². The Morgan fingerprint density at radius 1 is 1.08 bits per heavy atom. The maximum atomic E-state index is 12.5. The molecule has 7 heteroatoms. The first-order valence-corrected chi connectivity index (χ1v) is 8.15. The van der Waals surface area contributed by atoms with Crippen LogP contribution in [0.3, 0.4) is 0 Å². The van der Waals surface area contributed by atoms with Crippen LogP contribution >= 0.6 is 11.6 Å². The van der Waals surface area contributed by atoms with Crippen molar-refractivity contribution in [1.82, 2.24) is 25.3 Å². The minimum absolute atomic E-state index is 0.196. The molecule has 0 radical (unpaired) electrons. The van der Waals surface area contributed by atoms with E-state index >= 15 is 0 Å². The standard InChI is InChI=1S/C18H14ClN5O/c1-10(17-23-14-5-3-12(19)9-16(14)24-17)22-18(25)11-2-4-13-15(8-11)21-7-6-20-13/h2-10H,1H3,(H,22,25)(H,23,24). The third-order valence-electron chi connectivity index (χ3n) is 3.95. The molecule has 124 valence electrons. The van der Waals surface area contributed by atoms with Crippen molar-refractivity contribution in [2.24, 2.45) is 0 Å². The lowest BCUT2D eigenvalue weighted by atomic mass is 10.1. The Morgan fingerprint density at radius 3 is 2.68 bits per heavy atom. The van der Waals surface area contributed by atoms with Gasteiger partial charge in [0.05, 0.1) is 28.1 Å². The summed E-state index contributed by atoms with van der Waals surface area (Å²) in [5.41, 5.74) is 3.60. The Morgan fingerprint density at radius 2 is 1.84 bits per heavy atom. The summed E-state index contributed by atoms with van der Waals surface area (Å²) < 4.78 is 0. The van der Waals surface area contributed by atoms with Gasteiger partial charge in [-0.3, -0.25) is 14.8 Å². The molecule has 0 aliphatic heterocycles. The molecule has 4 rings (SSSR count). The number of fused-ring (bicyclic) bond motifs is 2. The van der Waals surface area contributed by atoms with E-state index in [0.717, 1.165) is 16.6 Å². The zero-order valence-corrected chi connectivity index (χ0v) is 14.1. The summed E-state index contributed by atoms with van der Waals surface area (Å²) in [4.78, 5) is 28.6. The van der Waals surface area contributed by atoms with Crippen molar-refractivity contribution >= 4 is 39.6 Å². The monoisotopic (exact) mass is 351 g/mol. The molecular formula is C18H14ClN5O. The molecule has 0 saturated heterocycles. The van der Waals surface area contributed by atoms with Gasteiger partial charge in [-0.15, -0.1) is 0 Å². The maximum absolute atomic E-state index is 12.5. The number of amides is 1. The number of H-pyrrole nitrogens is 1. The Bertz CT molecular complexity index is 1090. The van der Waals surface area contributed by atoms with E-state index in [2.05, 4.69) is 25.3 Å². The fraction of sp³-hybridized carbons (Fsp3) is 0.111. The number of nitrogens with zero attached hydrogens (tertiary/aromatic N) is 3. The van der Waals surface area contributed by atoms with Gasteiger partial charge in [0.25, 0.3) is 5.91 Å². The lowest BCUT2D eigenvalue weighted by Gasteiger charge is -2.11. The van der Waals surface area contributed by atoms with Gasteiger partial charge in [-0.2, -0.15) is 0 Å². The molecule has 1 unspecified atom stereocenters. The number of halogens is 1. The van der Waals surface area contributed by atoms with Crippen molar-refractivity contribution in [3.05, 3.63) is 65.2 Å². The fourth-order valence-electron chi connectivity index (χ4n) is 2.66. The molecule has 2 heterocycles. The first kappa shape index (κ1) is 15.5. The Hall–Kier alpha value is -2.99. The minimum Gasteiger partial charge on any atom is -0.342 e. The highest BCUT2D eigenvalue weighted by atomic mass is 35.5. The van der Waals surface area contributed by atoms with Crippen LogP contribution in [0.15, 0.2) is 48.8 Å². The maximum Gasteiger partial charge on any atom is 0.251 e. The second kappa shape index (κ2) is 6.14. The number of carbonyl (C=O) groups excluding carboxylic acids is 1. The summed E-state index contributed by atoms with van der Waals surface area (Å²) in [5.74, 6) is 0.477. The van der Waals surface area contributed by atoms with Crippen LogP contribution in [0.2, 0.25) is 5.02 Å². The number of nitrogens with one attached hydrogen (secondary N) is 2. The van der Waals surface area contributed by atoms with Gasteiger partial charge in [-0.05, 0) is 43.3 Å². The molecule has 0 fully saturated rings. The third kappa shape index (κ3) is 3.04. The fourth-order valence-corrected chi connectivity index (χ4v) is 2.83. The predicted octanol–water partition coefficient (Wildman–Crippen LogP) is 3.65. The molecule has 1 amide bonds. The molecule has 6 nitrogen and oxygen atoms in total. The second-order valence-electron chi connectivity index (χ2n) is 5.74. The smallest absolute Gasteiger partial charge is 0.251 e. The molecular weight excluding hydrogens is 338 g/mol. The number of benzene rings is 2. The van der Waals surface area contributed by atoms with Gasteiger partial charge < -0.3 is 10.3 Å². The van der Waals surface area contributed by atoms with Crippen molar-refractivity contribution in [1.29, 1.82) is 0 Å². The van der Waals surface area contributed by atoms with Crippen molar-refractivity contribution in [3.63, 3.8) is 0 Å². The Kier molecular flexibility index (Phi) is 3.82. The van der Waals surface area contributed by atoms with Crippen molar-refractivity contribution in [2.45, 2.75) is 13.0 Å². The van der Waals surface area contributed by atoms with Crippen LogP contribution < -0.4 is 5.32 Å². The normalized spacial score (nSPS) is 12.4. The van der Waals surface area contributed by atoms with Gasteiger partial charge in [-0.25, -0.2) is 4.98 Å². The summed E-state index contributed by atoms with van der Waals surface area (Å²) in [5, 5.41) is 3.57. The zero-order chi connectivity index (χ0) is 17.4. The highest BCUT2D eigenvalue weighted by Crippen LogP contribution is 2.20. The van der Waals surface area contributed by atoms with Crippen LogP contribution in [0.25, 0.3) is 22.1 Å². The number of imidazole rings is 1. The average Bonchev–Trinajstić information content (AvgIpc) is 3.04. The quantitative estimate of drug-likeness (QED) is 0.590. The SMILES string of the molecule is CC(NC(=O)c1ccc2nccnc2c1)c1nc2ccc(Cl)cc2[nH]1. The average molecular weight is 352 g/mol. The van der Waals surface area contributed by atoms with E-state index in [1.807, 2.05) is 19.1 Å². The Balaban J connectivity index is 1.57. The first-order chi connectivity index (χ1) is 12.1. The minimum atomic E-state index is -0.281. The molecule has 2 N–H and O–H groups in total. The lowest BCUT2D eigenvalue weighted by molar-refractivity contribution is 0.0938. The van der Waals surface area contributed by atoms with E-state index in [1.54, 1.807) is 36.7 Å². The first-order valence-electron chi connectivity index (χ1n) is 7.77. The van der Waals surface area contributed by atoms with Crippen LogP contribution in [0.1, 0.15) is 29.1 Å². The van der Waals surface area contributed by atoms with E-state index in [-0.39, 0.29) is 11.9 Å². The van der Waals surface area contributed by atoms with Crippen molar-refractivity contribution in [3.8, 4) is 0 Å². The zero-order valence-electron chi connectivity index (χ0n) is 13.3. The summed E-state index contributed by atoms with van der Waals surface area (Å²) in [7, 11) is 0. The molecule has 2 aromatic heterocycles. The molecule has 4 aromatic rings. The number of hydrogen-bond acceptors (Lipinski definition) is 4. The van der Waals surface area contributed by atoms with Crippen LogP contribution in [0, 0.1) is 0 Å². The van der Waals surface area contributed by atoms with Gasteiger partial charge in [0.2, 0.25) is 0 Å². The third-order valence-corrected chi connectivity index (χ3v) is 4.19. The van der Waals surface area contributed by atoms with Gasteiger partial charge >= 0.3 is 0 Å². The van der Waals surface area contributed by atoms with Gasteiger partial charge in [0, 0.05) is 23.0 Å². The van der Waals surface area contributed by atoms with Gasteiger partial charge in [0.1, 0.15) is 5.82 Å². The molecule has 25 heavy (non-hydrogen) atoms. The van der Waals surface area contributed by atoms with E-state index in [0.29, 0.717) is 21.9 Å². The van der Waals surface area contributed by atoms with Crippen LogP contribution in [-0.4, -0.2) is 25.8 Å². The molecule has 0 aliphatic rings. The molecule has 2 aromatic carbocycles. The molecule has 1 atom stereocenters. The number of aromatic nitrogens is 4. The lowest BCUT2D eigenvalue weighted by Crippen LogP contribution is -2.27. The van der Waals surface area contributed by atoms with Crippen molar-refractivity contribution in [2.75, 3.05) is 0 Å². The highest BCUT2D eigenvalue weighted by Gasteiger charge is 2.15. The van der Waals surface area contributed by atoms with Crippen LogP contribution in [0.4, 0.5) is 0 Å². The predicted molar refractivity (Wildman–Crippen MR) is 96.5 cm³/mol. The molecule has 0 saturated carbocycles.